The summed E-state index contributed by atoms with van der Waals surface area (Å²) in [7, 11) is 0. The number of ether oxygens (including phenoxy) is 1. The smallest absolute Gasteiger partial charge is 0.334 e. The summed E-state index contributed by atoms with van der Waals surface area (Å²) in [5.41, 5.74) is 1.65. The molecule has 1 fully saturated rings. The Labute approximate surface area is 83.2 Å². The van der Waals surface area contributed by atoms with Crippen molar-refractivity contribution in [1.29, 1.82) is 0 Å². The number of hydrogen-bond donors (Lipinski definition) is 0. The van der Waals surface area contributed by atoms with Gasteiger partial charge in [-0.1, -0.05) is 36.9 Å². The summed E-state index contributed by atoms with van der Waals surface area (Å²) >= 11 is 0. The van der Waals surface area contributed by atoms with Crippen molar-refractivity contribution in [3.05, 3.63) is 48.0 Å². The maximum Gasteiger partial charge on any atom is 0.334 e. The minimum Gasteiger partial charge on any atom is -0.458 e. The van der Waals surface area contributed by atoms with Crippen LogP contribution in [0.4, 0.5) is 0 Å². The molecule has 0 amide bonds. The molecule has 0 spiro atoms. The molecular formula is C12H12O2. The van der Waals surface area contributed by atoms with Crippen molar-refractivity contribution < 1.29 is 9.53 Å². The van der Waals surface area contributed by atoms with E-state index in [9.17, 15) is 4.79 Å². The molecule has 2 atom stereocenters. The number of carbonyl (C=O) groups is 1. The molecule has 1 aliphatic heterocycles. The van der Waals surface area contributed by atoms with Gasteiger partial charge in [-0.25, -0.2) is 4.79 Å². The molecule has 1 heterocycles. The van der Waals surface area contributed by atoms with E-state index in [2.05, 4.69) is 6.58 Å². The van der Waals surface area contributed by atoms with Gasteiger partial charge in [-0.15, -0.1) is 0 Å². The molecule has 2 heteroatoms. The molecule has 1 aromatic rings. The molecule has 1 aliphatic rings. The quantitative estimate of drug-likeness (QED) is 0.499. The Balaban J connectivity index is 2.36. The van der Waals surface area contributed by atoms with Gasteiger partial charge >= 0.3 is 5.97 Å². The van der Waals surface area contributed by atoms with Crippen molar-refractivity contribution in [2.24, 2.45) is 0 Å². The molecule has 2 rings (SSSR count). The van der Waals surface area contributed by atoms with E-state index in [1.54, 1.807) is 0 Å². The molecule has 72 valence electrons. The second kappa shape index (κ2) is 3.29. The maximum atomic E-state index is 11.2. The number of rotatable bonds is 1. The lowest BCUT2D eigenvalue weighted by Gasteiger charge is -2.12. The van der Waals surface area contributed by atoms with Crippen molar-refractivity contribution >= 4 is 5.97 Å². The van der Waals surface area contributed by atoms with E-state index in [1.807, 2.05) is 37.3 Å². The first-order valence-electron chi connectivity index (χ1n) is 4.65. The zero-order chi connectivity index (χ0) is 10.1. The second-order valence-corrected chi connectivity index (χ2v) is 3.52. The molecule has 0 bridgehead atoms. The van der Waals surface area contributed by atoms with E-state index in [0.717, 1.165) is 5.56 Å². The zero-order valence-corrected chi connectivity index (χ0v) is 8.07. The molecular weight excluding hydrogens is 176 g/mol. The van der Waals surface area contributed by atoms with Crippen molar-refractivity contribution in [3.63, 3.8) is 0 Å². The van der Waals surface area contributed by atoms with Crippen molar-refractivity contribution in [1.82, 2.24) is 0 Å². The first-order chi connectivity index (χ1) is 6.70. The monoisotopic (exact) mass is 188 g/mol. The Morgan fingerprint density at radius 2 is 1.93 bits per heavy atom. The van der Waals surface area contributed by atoms with E-state index in [-0.39, 0.29) is 18.0 Å². The third kappa shape index (κ3) is 1.33. The van der Waals surface area contributed by atoms with Crippen molar-refractivity contribution in [2.75, 3.05) is 0 Å². The van der Waals surface area contributed by atoms with E-state index in [0.29, 0.717) is 5.57 Å². The molecule has 2 unspecified atom stereocenters. The van der Waals surface area contributed by atoms with Gasteiger partial charge < -0.3 is 4.74 Å². The summed E-state index contributed by atoms with van der Waals surface area (Å²) in [4.78, 5) is 11.2. The first kappa shape index (κ1) is 9.00. The minimum absolute atomic E-state index is 0.0173. The number of hydrogen-bond acceptors (Lipinski definition) is 2. The van der Waals surface area contributed by atoms with Gasteiger partial charge in [0, 0.05) is 5.57 Å². The predicted molar refractivity (Wildman–Crippen MR) is 53.9 cm³/mol. The van der Waals surface area contributed by atoms with Crippen LogP contribution in [-0.2, 0) is 9.53 Å². The van der Waals surface area contributed by atoms with Crippen LogP contribution in [0.25, 0.3) is 0 Å². The van der Waals surface area contributed by atoms with E-state index >= 15 is 0 Å². The van der Waals surface area contributed by atoms with E-state index < -0.39 is 0 Å². The van der Waals surface area contributed by atoms with Gasteiger partial charge in [0.25, 0.3) is 0 Å². The van der Waals surface area contributed by atoms with Crippen LogP contribution < -0.4 is 0 Å². The van der Waals surface area contributed by atoms with Gasteiger partial charge in [-0.3, -0.25) is 0 Å². The second-order valence-electron chi connectivity index (χ2n) is 3.52. The van der Waals surface area contributed by atoms with Gasteiger partial charge in [-0.05, 0) is 12.5 Å². The Morgan fingerprint density at radius 3 is 2.43 bits per heavy atom. The average Bonchev–Trinajstić information content (AvgIpc) is 2.43. The summed E-state index contributed by atoms with van der Waals surface area (Å²) in [6.45, 7) is 5.67. The zero-order valence-electron chi connectivity index (χ0n) is 8.07. The standard InChI is InChI=1S/C12H12O2/c1-8-11(9(2)14-12(8)13)10-6-4-3-5-7-10/h3-7,9,11H,1H2,2H3. The highest BCUT2D eigenvalue weighted by molar-refractivity contribution is 5.92. The maximum absolute atomic E-state index is 11.2. The fraction of sp³-hybridized carbons (Fsp3) is 0.250. The van der Waals surface area contributed by atoms with Gasteiger partial charge in [0.05, 0.1) is 5.92 Å². The first-order valence-corrected chi connectivity index (χ1v) is 4.65. The summed E-state index contributed by atoms with van der Waals surface area (Å²) in [6.07, 6.45) is -0.0996. The minimum atomic E-state index is -0.272. The fourth-order valence-electron chi connectivity index (χ4n) is 1.86. The topological polar surface area (TPSA) is 26.3 Å². The van der Waals surface area contributed by atoms with E-state index in [4.69, 9.17) is 4.74 Å². The molecule has 1 saturated heterocycles. The Bertz CT molecular complexity index is 367. The van der Waals surface area contributed by atoms with Crippen LogP contribution in [0.1, 0.15) is 18.4 Å². The van der Waals surface area contributed by atoms with Crippen molar-refractivity contribution in [2.45, 2.75) is 18.9 Å². The Hall–Kier alpha value is -1.57. The summed E-state index contributed by atoms with van der Waals surface area (Å²) in [5.74, 6) is -0.255. The highest BCUT2D eigenvalue weighted by Gasteiger charge is 2.36. The van der Waals surface area contributed by atoms with Crippen molar-refractivity contribution in [3.8, 4) is 0 Å². The molecule has 0 radical (unpaired) electrons. The summed E-state index contributed by atoms with van der Waals surface area (Å²) < 4.78 is 5.10. The Morgan fingerprint density at radius 1 is 1.29 bits per heavy atom. The summed E-state index contributed by atoms with van der Waals surface area (Å²) in [6, 6.07) is 9.85. The molecule has 2 nitrogen and oxygen atoms in total. The molecule has 1 aromatic carbocycles. The number of benzene rings is 1. The van der Waals surface area contributed by atoms with Crippen LogP contribution in [0.3, 0.4) is 0 Å². The largest absolute Gasteiger partial charge is 0.458 e. The lowest BCUT2D eigenvalue weighted by atomic mass is 9.90. The molecule has 14 heavy (non-hydrogen) atoms. The average molecular weight is 188 g/mol. The third-order valence-corrected chi connectivity index (χ3v) is 2.56. The van der Waals surface area contributed by atoms with Crippen LogP contribution in [-0.4, -0.2) is 12.1 Å². The third-order valence-electron chi connectivity index (χ3n) is 2.56. The van der Waals surface area contributed by atoms with Crippen LogP contribution in [0.2, 0.25) is 0 Å². The lowest BCUT2D eigenvalue weighted by molar-refractivity contribution is -0.138. The number of esters is 1. The van der Waals surface area contributed by atoms with Crippen LogP contribution in [0, 0.1) is 0 Å². The normalized spacial score (nSPS) is 26.4. The Kier molecular flexibility index (Phi) is 2.12. The molecule has 0 N–H and O–H groups in total. The SMILES string of the molecule is C=C1C(=O)OC(C)C1c1ccccc1. The van der Waals surface area contributed by atoms with Crippen LogP contribution in [0.15, 0.2) is 42.5 Å². The predicted octanol–water partition coefficient (Wildman–Crippen LogP) is 2.27. The number of carbonyl (C=O) groups excluding carboxylic acids is 1. The highest BCUT2D eigenvalue weighted by atomic mass is 16.5. The lowest BCUT2D eigenvalue weighted by Crippen LogP contribution is -2.09. The number of cyclic esters (lactones) is 1. The summed E-state index contributed by atoms with van der Waals surface area (Å²) in [5, 5.41) is 0. The fourth-order valence-corrected chi connectivity index (χ4v) is 1.86. The van der Waals surface area contributed by atoms with Gasteiger partial charge in [0.15, 0.2) is 0 Å². The molecule has 0 saturated carbocycles. The van der Waals surface area contributed by atoms with Crippen LogP contribution in [0.5, 0.6) is 0 Å². The van der Waals surface area contributed by atoms with Crippen LogP contribution >= 0.6 is 0 Å². The molecule has 0 aliphatic carbocycles. The van der Waals surface area contributed by atoms with Gasteiger partial charge in [0.2, 0.25) is 0 Å². The van der Waals surface area contributed by atoms with Gasteiger partial charge in [-0.2, -0.15) is 0 Å². The molecule has 0 aromatic heterocycles. The van der Waals surface area contributed by atoms with Gasteiger partial charge in [0.1, 0.15) is 6.10 Å². The van der Waals surface area contributed by atoms with E-state index in [1.165, 1.54) is 0 Å². The highest BCUT2D eigenvalue weighted by Crippen LogP contribution is 2.35.